The molecule has 45 heavy (non-hydrogen) atoms. The molecule has 4 heterocycles. The number of anilines is 4. The Labute approximate surface area is 266 Å². The molecule has 1 amide bonds. The number of nitrogens with zero attached hydrogens (tertiary/aromatic N) is 4. The minimum Gasteiger partial charge on any atom is -0.493 e. The molecule has 2 aromatic heterocycles. The lowest BCUT2D eigenvalue weighted by Crippen LogP contribution is -2.47. The van der Waals surface area contributed by atoms with Crippen LogP contribution in [0.5, 0.6) is 11.5 Å². The second kappa shape index (κ2) is 13.0. The molecule has 2 aliphatic rings. The molecule has 7 rings (SSSR count). The minimum absolute atomic E-state index is 0.129. The molecule has 5 aromatic rings. The van der Waals surface area contributed by atoms with Crippen molar-refractivity contribution in [1.82, 2.24) is 14.9 Å². The second-order valence-electron chi connectivity index (χ2n) is 11.1. The quantitative estimate of drug-likeness (QED) is 0.194. The molecule has 1 saturated heterocycles. The van der Waals surface area contributed by atoms with Gasteiger partial charge in [-0.3, -0.25) is 14.7 Å². The van der Waals surface area contributed by atoms with Gasteiger partial charge in [-0.1, -0.05) is 18.2 Å². The average molecular weight is 619 g/mol. The highest BCUT2D eigenvalue weighted by molar-refractivity contribution is 7.07. The molecule has 0 unspecified atom stereocenters. The molecule has 0 saturated carbocycles. The van der Waals surface area contributed by atoms with E-state index in [9.17, 15) is 4.79 Å². The van der Waals surface area contributed by atoms with Gasteiger partial charge in [-0.2, -0.15) is 0 Å². The third-order valence-electron chi connectivity index (χ3n) is 8.34. The number of aromatic nitrogens is 2. The van der Waals surface area contributed by atoms with Crippen molar-refractivity contribution in [2.45, 2.75) is 13.0 Å². The van der Waals surface area contributed by atoms with Gasteiger partial charge in [0, 0.05) is 56.2 Å². The van der Waals surface area contributed by atoms with Gasteiger partial charge in [-0.05, 0) is 71.6 Å². The highest BCUT2D eigenvalue weighted by Gasteiger charge is 2.21. The predicted molar refractivity (Wildman–Crippen MR) is 179 cm³/mol. The van der Waals surface area contributed by atoms with E-state index >= 15 is 0 Å². The van der Waals surface area contributed by atoms with Gasteiger partial charge >= 0.3 is 0 Å². The van der Waals surface area contributed by atoms with Crippen LogP contribution in [0.1, 0.15) is 21.6 Å². The molecule has 2 N–H and O–H groups in total. The summed E-state index contributed by atoms with van der Waals surface area (Å²) in [5, 5.41) is 8.60. The fraction of sp³-hybridized carbons (Fsp3) is 0.229. The van der Waals surface area contributed by atoms with Crippen LogP contribution in [0.2, 0.25) is 0 Å². The van der Waals surface area contributed by atoms with Crippen molar-refractivity contribution < 1.29 is 14.3 Å². The maximum absolute atomic E-state index is 13.3. The predicted octanol–water partition coefficient (Wildman–Crippen LogP) is 6.47. The molecule has 3 aromatic carbocycles. The van der Waals surface area contributed by atoms with E-state index in [2.05, 4.69) is 60.7 Å². The van der Waals surface area contributed by atoms with Crippen LogP contribution in [0, 0.1) is 0 Å². The van der Waals surface area contributed by atoms with Crippen molar-refractivity contribution in [3.05, 3.63) is 107 Å². The molecule has 10 heteroatoms. The molecular weight excluding hydrogens is 584 g/mol. The summed E-state index contributed by atoms with van der Waals surface area (Å²) in [5.41, 5.74) is 10.0. The topological polar surface area (TPSA) is 91.9 Å². The van der Waals surface area contributed by atoms with Crippen molar-refractivity contribution in [3.63, 3.8) is 0 Å². The molecule has 0 aliphatic carbocycles. The number of hydrogen-bond donors (Lipinski definition) is 2. The summed E-state index contributed by atoms with van der Waals surface area (Å²) in [5.74, 6) is 1.16. The van der Waals surface area contributed by atoms with E-state index in [1.165, 1.54) is 22.6 Å². The number of piperazine rings is 1. The summed E-state index contributed by atoms with van der Waals surface area (Å²) in [4.78, 5) is 26.6. The number of thiazole rings is 1. The maximum atomic E-state index is 13.3. The summed E-state index contributed by atoms with van der Waals surface area (Å²) >= 11 is 1.54. The van der Waals surface area contributed by atoms with Crippen LogP contribution < -0.4 is 25.0 Å². The minimum atomic E-state index is -0.129. The Morgan fingerprint density at radius 1 is 0.844 bits per heavy atom. The SMILES string of the molecule is COc1cc(-c2ccc3c(c2)Nc2ccc(CCN4CCN(c5ccncc5)CC4)cc2NC3=O)ccc1OCc1cscn1. The van der Waals surface area contributed by atoms with Crippen LogP contribution in [-0.4, -0.2) is 60.6 Å². The van der Waals surface area contributed by atoms with Gasteiger partial charge in [-0.25, -0.2) is 4.98 Å². The van der Waals surface area contributed by atoms with Crippen LogP contribution in [0.15, 0.2) is 90.0 Å². The highest BCUT2D eigenvalue weighted by Crippen LogP contribution is 2.38. The molecule has 0 radical (unpaired) electrons. The second-order valence-corrected chi connectivity index (χ2v) is 11.9. The van der Waals surface area contributed by atoms with Gasteiger partial charge in [0.25, 0.3) is 5.91 Å². The molecule has 0 spiro atoms. The lowest BCUT2D eigenvalue weighted by Gasteiger charge is -2.36. The number of carbonyl (C=O) groups excluding carboxylic acids is 1. The van der Waals surface area contributed by atoms with E-state index < -0.39 is 0 Å². The van der Waals surface area contributed by atoms with Crippen LogP contribution in [0.25, 0.3) is 11.1 Å². The van der Waals surface area contributed by atoms with Crippen LogP contribution in [0.3, 0.4) is 0 Å². The normalized spacial score (nSPS) is 14.5. The lowest BCUT2D eigenvalue weighted by atomic mass is 10.0. The Morgan fingerprint density at radius 3 is 2.47 bits per heavy atom. The Hall–Kier alpha value is -4.93. The fourth-order valence-corrected chi connectivity index (χ4v) is 6.36. The number of amides is 1. The van der Waals surface area contributed by atoms with Crippen molar-refractivity contribution in [2.75, 3.05) is 55.4 Å². The van der Waals surface area contributed by atoms with E-state index in [1.807, 2.05) is 54.2 Å². The van der Waals surface area contributed by atoms with Crippen molar-refractivity contribution in [2.24, 2.45) is 0 Å². The van der Waals surface area contributed by atoms with Crippen LogP contribution in [0.4, 0.5) is 22.7 Å². The summed E-state index contributed by atoms with van der Waals surface area (Å²) < 4.78 is 11.6. The van der Waals surface area contributed by atoms with Gasteiger partial charge < -0.3 is 25.0 Å². The summed E-state index contributed by atoms with van der Waals surface area (Å²) in [6.07, 6.45) is 4.62. The first kappa shape index (κ1) is 28.8. The number of nitrogens with one attached hydrogen (secondary N) is 2. The van der Waals surface area contributed by atoms with Gasteiger partial charge in [0.15, 0.2) is 11.5 Å². The Balaban J connectivity index is 1.02. The molecule has 9 nitrogen and oxygen atoms in total. The van der Waals surface area contributed by atoms with Gasteiger partial charge in [0.05, 0.1) is 40.9 Å². The molecule has 2 aliphatic heterocycles. The maximum Gasteiger partial charge on any atom is 0.257 e. The van der Waals surface area contributed by atoms with E-state index in [-0.39, 0.29) is 5.91 Å². The molecule has 1 fully saturated rings. The Bertz CT molecular complexity index is 1790. The molecule has 0 bridgehead atoms. The van der Waals surface area contributed by atoms with E-state index in [4.69, 9.17) is 9.47 Å². The average Bonchev–Trinajstić information content (AvgIpc) is 3.57. The lowest BCUT2D eigenvalue weighted by molar-refractivity contribution is 0.102. The zero-order chi connectivity index (χ0) is 30.6. The first-order valence-electron chi connectivity index (χ1n) is 15.0. The van der Waals surface area contributed by atoms with E-state index in [0.717, 1.165) is 73.0 Å². The Kier molecular flexibility index (Phi) is 8.31. The van der Waals surface area contributed by atoms with Crippen LogP contribution in [-0.2, 0) is 13.0 Å². The molecular formula is C35H34N6O3S. The van der Waals surface area contributed by atoms with Crippen molar-refractivity contribution in [3.8, 4) is 22.6 Å². The summed E-state index contributed by atoms with van der Waals surface area (Å²) in [7, 11) is 1.63. The number of ether oxygens (including phenoxy) is 2. The highest BCUT2D eigenvalue weighted by atomic mass is 32.1. The standard InChI is InChI=1S/C35H34N6O3S/c1-43-34-20-26(4-7-33(34)44-21-27-22-45-23-37-27)25-3-5-29-31(19-25)38-30-6-2-24(18-32(30)39-35(29)42)10-13-40-14-16-41(17-15-40)28-8-11-36-12-9-28/h2-9,11-12,18-20,22-23,38H,10,13-17,21H2,1H3,(H,39,42). The number of pyridine rings is 1. The zero-order valence-electron chi connectivity index (χ0n) is 25.0. The summed E-state index contributed by atoms with van der Waals surface area (Å²) in [6.45, 7) is 5.42. The van der Waals surface area contributed by atoms with Crippen LogP contribution >= 0.6 is 11.3 Å². The number of rotatable bonds is 9. The number of methoxy groups -OCH3 is 1. The van der Waals surface area contributed by atoms with E-state index in [1.54, 1.807) is 12.6 Å². The number of hydrogen-bond acceptors (Lipinski definition) is 9. The third kappa shape index (κ3) is 6.47. The summed E-state index contributed by atoms with van der Waals surface area (Å²) in [6, 6.07) is 22.1. The number of carbonyl (C=O) groups is 1. The first-order chi connectivity index (χ1) is 22.1. The largest absolute Gasteiger partial charge is 0.493 e. The molecule has 228 valence electrons. The fourth-order valence-electron chi connectivity index (χ4n) is 5.82. The first-order valence-corrected chi connectivity index (χ1v) is 16.0. The van der Waals surface area contributed by atoms with Crippen molar-refractivity contribution in [1.29, 1.82) is 0 Å². The van der Waals surface area contributed by atoms with Crippen molar-refractivity contribution >= 4 is 40.0 Å². The molecule has 0 atom stereocenters. The Morgan fingerprint density at radius 2 is 1.67 bits per heavy atom. The smallest absolute Gasteiger partial charge is 0.257 e. The zero-order valence-corrected chi connectivity index (χ0v) is 25.8. The number of fused-ring (bicyclic) bond motifs is 2. The van der Waals surface area contributed by atoms with E-state index in [0.29, 0.717) is 23.7 Å². The van der Waals surface area contributed by atoms with Gasteiger partial charge in [0.1, 0.15) is 6.61 Å². The van der Waals surface area contributed by atoms with Gasteiger partial charge in [-0.15, -0.1) is 11.3 Å². The number of benzene rings is 3. The monoisotopic (exact) mass is 618 g/mol. The van der Waals surface area contributed by atoms with Gasteiger partial charge in [0.2, 0.25) is 0 Å². The third-order valence-corrected chi connectivity index (χ3v) is 8.97.